The lowest BCUT2D eigenvalue weighted by molar-refractivity contribution is 0.669. The molecule has 1 aliphatic rings. The van der Waals surface area contributed by atoms with Crippen LogP contribution < -0.4 is 0 Å². The van der Waals surface area contributed by atoms with Crippen LogP contribution in [0.3, 0.4) is 0 Å². The number of benzene rings is 7. The third-order valence-electron chi connectivity index (χ3n) is 11.5. The van der Waals surface area contributed by atoms with Crippen LogP contribution >= 0.6 is 0 Å². The Labute approximate surface area is 315 Å². The molecule has 11 aromatic rings. The van der Waals surface area contributed by atoms with E-state index in [9.17, 15) is 0 Å². The Morgan fingerprint density at radius 3 is 1.95 bits per heavy atom. The Morgan fingerprint density at radius 2 is 1.13 bits per heavy atom. The van der Waals surface area contributed by atoms with E-state index < -0.39 is 0 Å². The van der Waals surface area contributed by atoms with Crippen LogP contribution in [-0.4, -0.2) is 19.1 Å². The molecule has 0 saturated carbocycles. The summed E-state index contributed by atoms with van der Waals surface area (Å²) in [4.78, 5) is 10.8. The standard InChI is InChI=1S/C50H32N4O/c1-3-13-31(14-4-1)32-23-25-34(26-24-32)53-40-21-11-8-18-36(40)46-42(53)28-27-38-45-41(29-30-44-47(45)37-19-9-12-22-43(37)55-44)54(49(38)46)50-51-39-20-10-7-17-35(39)48(52-50)33-15-5-2-6-16-33/h1-23,25,27-30H,24,26H2. The van der Waals surface area contributed by atoms with Crippen LogP contribution in [0, 0.1) is 0 Å². The third kappa shape index (κ3) is 4.41. The summed E-state index contributed by atoms with van der Waals surface area (Å²) in [5.41, 5.74) is 13.0. The lowest BCUT2D eigenvalue weighted by atomic mass is 9.96. The molecular formula is C50H32N4O. The van der Waals surface area contributed by atoms with Gasteiger partial charge in [0, 0.05) is 49.0 Å². The van der Waals surface area contributed by atoms with Crippen LogP contribution in [0.15, 0.2) is 174 Å². The highest BCUT2D eigenvalue weighted by Crippen LogP contribution is 2.46. The Bertz CT molecular complexity index is 3420. The highest BCUT2D eigenvalue weighted by molar-refractivity contribution is 6.33. The van der Waals surface area contributed by atoms with Gasteiger partial charge in [-0.25, -0.2) is 9.97 Å². The van der Waals surface area contributed by atoms with Crippen LogP contribution in [-0.2, 0) is 0 Å². The second-order valence-electron chi connectivity index (χ2n) is 14.4. The van der Waals surface area contributed by atoms with Gasteiger partial charge in [-0.05, 0) is 66.5 Å². The molecule has 4 aromatic heterocycles. The summed E-state index contributed by atoms with van der Waals surface area (Å²) in [6.07, 6.45) is 6.53. The monoisotopic (exact) mass is 704 g/mol. The van der Waals surface area contributed by atoms with Crippen LogP contribution in [0.4, 0.5) is 0 Å². The van der Waals surface area contributed by atoms with Gasteiger partial charge >= 0.3 is 0 Å². The molecule has 0 bridgehead atoms. The first-order valence-corrected chi connectivity index (χ1v) is 18.9. The zero-order valence-corrected chi connectivity index (χ0v) is 29.8. The Hall–Kier alpha value is -7.24. The molecule has 7 aromatic carbocycles. The van der Waals surface area contributed by atoms with Gasteiger partial charge in [0.1, 0.15) is 11.2 Å². The number of aromatic nitrogens is 4. The van der Waals surface area contributed by atoms with E-state index >= 15 is 0 Å². The normalized spacial score (nSPS) is 13.5. The van der Waals surface area contributed by atoms with Crippen molar-refractivity contribution in [3.05, 3.63) is 175 Å². The number of hydrogen-bond donors (Lipinski definition) is 0. The van der Waals surface area contributed by atoms with E-state index in [0.717, 1.165) is 84.3 Å². The fourth-order valence-electron chi connectivity index (χ4n) is 9.06. The van der Waals surface area contributed by atoms with Gasteiger partial charge in [-0.1, -0.05) is 127 Å². The summed E-state index contributed by atoms with van der Waals surface area (Å²) in [6, 6.07) is 55.6. The van der Waals surface area contributed by atoms with Crippen LogP contribution in [0.25, 0.3) is 105 Å². The van der Waals surface area contributed by atoms with Gasteiger partial charge in [-0.3, -0.25) is 4.57 Å². The number of para-hydroxylation sites is 3. The van der Waals surface area contributed by atoms with Gasteiger partial charge in [0.25, 0.3) is 0 Å². The fourth-order valence-corrected chi connectivity index (χ4v) is 9.06. The first-order valence-electron chi connectivity index (χ1n) is 18.9. The van der Waals surface area contributed by atoms with Gasteiger partial charge in [0.2, 0.25) is 5.95 Å². The molecule has 0 atom stereocenters. The minimum atomic E-state index is 0.640. The van der Waals surface area contributed by atoms with Gasteiger partial charge in [0.15, 0.2) is 0 Å². The topological polar surface area (TPSA) is 48.8 Å². The zero-order valence-electron chi connectivity index (χ0n) is 29.8. The molecule has 0 unspecified atom stereocenters. The molecule has 0 N–H and O–H groups in total. The average Bonchev–Trinajstić information content (AvgIpc) is 3.91. The largest absolute Gasteiger partial charge is 0.456 e. The van der Waals surface area contributed by atoms with Crippen molar-refractivity contribution in [1.82, 2.24) is 19.1 Å². The van der Waals surface area contributed by atoms with E-state index in [0.29, 0.717) is 5.95 Å². The van der Waals surface area contributed by atoms with Crippen molar-refractivity contribution in [2.24, 2.45) is 0 Å². The Balaban J connectivity index is 1.24. The predicted octanol–water partition coefficient (Wildman–Crippen LogP) is 13.1. The number of allylic oxidation sites excluding steroid dienone is 4. The maximum absolute atomic E-state index is 6.48. The molecule has 0 spiro atoms. The van der Waals surface area contributed by atoms with E-state index in [1.807, 2.05) is 12.1 Å². The fraction of sp³-hybridized carbons (Fsp3) is 0.0400. The smallest absolute Gasteiger partial charge is 0.235 e. The summed E-state index contributed by atoms with van der Waals surface area (Å²) in [6.45, 7) is 0. The number of rotatable bonds is 4. The molecule has 0 fully saturated rings. The quantitative estimate of drug-likeness (QED) is 0.183. The average molecular weight is 705 g/mol. The van der Waals surface area contributed by atoms with Crippen molar-refractivity contribution in [1.29, 1.82) is 0 Å². The van der Waals surface area contributed by atoms with E-state index in [-0.39, 0.29) is 0 Å². The summed E-state index contributed by atoms with van der Waals surface area (Å²) < 4.78 is 11.3. The SMILES string of the molecule is C1=C(c2ccccc2)CCC(n2c3ccccc3c3c2ccc2c4c5c(ccc4n(-c4nc(-c6ccccc6)c6ccccc6n4)c23)oc2ccccc25)=C1. The number of furan rings is 1. The maximum atomic E-state index is 6.48. The van der Waals surface area contributed by atoms with Crippen molar-refractivity contribution in [2.45, 2.75) is 12.8 Å². The van der Waals surface area contributed by atoms with E-state index in [1.54, 1.807) is 0 Å². The predicted molar refractivity (Wildman–Crippen MR) is 228 cm³/mol. The number of fused-ring (bicyclic) bond motifs is 12. The van der Waals surface area contributed by atoms with Crippen LogP contribution in [0.2, 0.25) is 0 Å². The van der Waals surface area contributed by atoms with Crippen molar-refractivity contribution in [3.63, 3.8) is 0 Å². The zero-order chi connectivity index (χ0) is 36.0. The van der Waals surface area contributed by atoms with Gasteiger partial charge < -0.3 is 8.98 Å². The third-order valence-corrected chi connectivity index (χ3v) is 11.5. The summed E-state index contributed by atoms with van der Waals surface area (Å²) in [5.74, 6) is 0.640. The molecular weight excluding hydrogens is 673 g/mol. The molecule has 258 valence electrons. The molecule has 55 heavy (non-hydrogen) atoms. The summed E-state index contributed by atoms with van der Waals surface area (Å²) >= 11 is 0. The lowest BCUT2D eigenvalue weighted by Crippen LogP contribution is -2.04. The molecule has 5 heteroatoms. The summed E-state index contributed by atoms with van der Waals surface area (Å²) in [5, 5.41) is 7.90. The van der Waals surface area contributed by atoms with E-state index in [2.05, 4.69) is 167 Å². The van der Waals surface area contributed by atoms with E-state index in [1.165, 1.54) is 33.1 Å². The van der Waals surface area contributed by atoms with Gasteiger partial charge in [-0.15, -0.1) is 0 Å². The second kappa shape index (κ2) is 11.6. The maximum Gasteiger partial charge on any atom is 0.235 e. The highest BCUT2D eigenvalue weighted by Gasteiger charge is 2.26. The van der Waals surface area contributed by atoms with Gasteiger partial charge in [-0.2, -0.15) is 0 Å². The van der Waals surface area contributed by atoms with Crippen molar-refractivity contribution >= 4 is 87.7 Å². The number of hydrogen-bond acceptors (Lipinski definition) is 3. The molecule has 4 heterocycles. The van der Waals surface area contributed by atoms with Crippen LogP contribution in [0.5, 0.6) is 0 Å². The minimum Gasteiger partial charge on any atom is -0.456 e. The van der Waals surface area contributed by atoms with Gasteiger partial charge in [0.05, 0.1) is 33.3 Å². The second-order valence-corrected chi connectivity index (χ2v) is 14.4. The lowest BCUT2D eigenvalue weighted by Gasteiger charge is -2.18. The van der Waals surface area contributed by atoms with Crippen molar-refractivity contribution in [2.75, 3.05) is 0 Å². The molecule has 1 aliphatic carbocycles. The molecule has 0 amide bonds. The Morgan fingerprint density at radius 1 is 0.436 bits per heavy atom. The van der Waals surface area contributed by atoms with Crippen molar-refractivity contribution in [3.8, 4) is 17.2 Å². The summed E-state index contributed by atoms with van der Waals surface area (Å²) in [7, 11) is 0. The van der Waals surface area contributed by atoms with Crippen LogP contribution in [0.1, 0.15) is 18.4 Å². The molecule has 0 aliphatic heterocycles. The van der Waals surface area contributed by atoms with Crippen molar-refractivity contribution < 1.29 is 4.42 Å². The highest BCUT2D eigenvalue weighted by atomic mass is 16.3. The molecule has 0 saturated heterocycles. The van der Waals surface area contributed by atoms with E-state index in [4.69, 9.17) is 14.4 Å². The number of nitrogens with zero attached hydrogens (tertiary/aromatic N) is 4. The minimum absolute atomic E-state index is 0.640. The first-order chi connectivity index (χ1) is 27.3. The molecule has 5 nitrogen and oxygen atoms in total. The Kier molecular flexibility index (Phi) is 6.39. The molecule has 0 radical (unpaired) electrons. The first kappa shape index (κ1) is 30.2. The molecule has 12 rings (SSSR count).